The van der Waals surface area contributed by atoms with Gasteiger partial charge in [-0.05, 0) is 30.5 Å². The van der Waals surface area contributed by atoms with Crippen LogP contribution < -0.4 is 5.56 Å². The highest BCUT2D eigenvalue weighted by atomic mass is 32.2. The molecule has 8 heteroatoms. The molecule has 1 atom stereocenters. The molecule has 0 amide bonds. The number of fused-ring (bicyclic) bond motifs is 5. The number of hydrogen-bond acceptors (Lipinski definition) is 6. The molecule has 0 fully saturated rings. The van der Waals surface area contributed by atoms with Gasteiger partial charge in [0, 0.05) is 17.1 Å². The summed E-state index contributed by atoms with van der Waals surface area (Å²) in [5.41, 5.74) is 2.93. The summed E-state index contributed by atoms with van der Waals surface area (Å²) in [5, 5.41) is 10.4. The molecule has 0 saturated heterocycles. The lowest BCUT2D eigenvalue weighted by Crippen LogP contribution is -2.28. The van der Waals surface area contributed by atoms with E-state index in [2.05, 4.69) is 30.6 Å². The van der Waals surface area contributed by atoms with Crippen LogP contribution in [0, 0.1) is 5.92 Å². The van der Waals surface area contributed by atoms with E-state index in [0.717, 1.165) is 49.2 Å². The maximum absolute atomic E-state index is 13.9. The van der Waals surface area contributed by atoms with Crippen molar-refractivity contribution in [3.8, 4) is 5.69 Å². The Bertz CT molecular complexity index is 1350. The van der Waals surface area contributed by atoms with Crippen LogP contribution in [0.3, 0.4) is 0 Å². The Balaban J connectivity index is 1.84. The van der Waals surface area contributed by atoms with Crippen molar-refractivity contribution in [2.24, 2.45) is 5.92 Å². The highest BCUT2D eigenvalue weighted by Gasteiger charge is 2.30. The molecule has 3 aromatic heterocycles. The number of benzene rings is 1. The van der Waals surface area contributed by atoms with Gasteiger partial charge < -0.3 is 4.74 Å². The van der Waals surface area contributed by atoms with E-state index in [1.54, 1.807) is 27.7 Å². The third kappa shape index (κ3) is 3.43. The fourth-order valence-electron chi connectivity index (χ4n) is 3.96. The number of rotatable bonds is 5. The van der Waals surface area contributed by atoms with Crippen molar-refractivity contribution in [2.45, 2.75) is 45.1 Å². The fraction of sp³-hybridized carbons (Fsp3) is 0.348. The summed E-state index contributed by atoms with van der Waals surface area (Å²) in [6.07, 6.45) is 0.863. The standard InChI is InChI=1S/C23H24N4O2S2/c1-13(2)12-30-23-25-24-22-26(15-8-6-5-7-9-15)20(28)19-16-10-17(14(3)4)29-11-18(16)31-21(19)27(22)23/h5-9,14,17H,1,10-12H2,2-4H3. The van der Waals surface area contributed by atoms with Crippen LogP contribution in [0.1, 0.15) is 31.2 Å². The summed E-state index contributed by atoms with van der Waals surface area (Å²) in [6.45, 7) is 10.9. The molecule has 0 spiro atoms. The van der Waals surface area contributed by atoms with Crippen LogP contribution in [0.15, 0.2) is 52.4 Å². The first kappa shape index (κ1) is 20.5. The van der Waals surface area contributed by atoms with Crippen molar-refractivity contribution >= 4 is 39.1 Å². The summed E-state index contributed by atoms with van der Waals surface area (Å²) in [7, 11) is 0. The quantitative estimate of drug-likeness (QED) is 0.320. The van der Waals surface area contributed by atoms with Crippen molar-refractivity contribution in [2.75, 3.05) is 5.75 Å². The molecule has 4 heterocycles. The zero-order valence-electron chi connectivity index (χ0n) is 17.8. The summed E-state index contributed by atoms with van der Waals surface area (Å²) in [4.78, 5) is 15.9. The smallest absolute Gasteiger partial charge is 0.268 e. The Morgan fingerprint density at radius 3 is 2.81 bits per heavy atom. The van der Waals surface area contributed by atoms with Crippen LogP contribution in [-0.4, -0.2) is 31.0 Å². The lowest BCUT2D eigenvalue weighted by atomic mass is 9.96. The highest BCUT2D eigenvalue weighted by molar-refractivity contribution is 7.99. The molecule has 160 valence electrons. The predicted octanol–water partition coefficient (Wildman–Crippen LogP) is 4.86. The fourth-order valence-corrected chi connectivity index (χ4v) is 6.03. The third-order valence-corrected chi connectivity index (χ3v) is 7.90. The van der Waals surface area contributed by atoms with Crippen molar-refractivity contribution in [3.63, 3.8) is 0 Å². The minimum absolute atomic E-state index is 0.0422. The molecule has 0 aliphatic carbocycles. The van der Waals surface area contributed by atoms with E-state index < -0.39 is 0 Å². The van der Waals surface area contributed by atoms with E-state index >= 15 is 0 Å². The van der Waals surface area contributed by atoms with Gasteiger partial charge in [-0.1, -0.05) is 56.0 Å². The Morgan fingerprint density at radius 2 is 2.10 bits per heavy atom. The molecule has 6 nitrogen and oxygen atoms in total. The molecule has 0 saturated carbocycles. The number of thioether (sulfide) groups is 1. The Labute approximate surface area is 188 Å². The van der Waals surface area contributed by atoms with Gasteiger partial charge in [0.05, 0.1) is 23.8 Å². The molecule has 0 N–H and O–H groups in total. The molecule has 1 aromatic carbocycles. The zero-order valence-corrected chi connectivity index (χ0v) is 19.4. The maximum atomic E-state index is 13.9. The average molecular weight is 453 g/mol. The van der Waals surface area contributed by atoms with Crippen LogP contribution in [0.5, 0.6) is 0 Å². The Morgan fingerprint density at radius 1 is 1.32 bits per heavy atom. The topological polar surface area (TPSA) is 61.4 Å². The third-order valence-electron chi connectivity index (χ3n) is 5.55. The van der Waals surface area contributed by atoms with Gasteiger partial charge in [-0.3, -0.25) is 4.79 Å². The van der Waals surface area contributed by atoms with E-state index in [4.69, 9.17) is 4.74 Å². The van der Waals surface area contributed by atoms with Crippen molar-refractivity contribution in [1.82, 2.24) is 19.2 Å². The largest absolute Gasteiger partial charge is 0.372 e. The molecule has 31 heavy (non-hydrogen) atoms. The van der Waals surface area contributed by atoms with Gasteiger partial charge in [0.15, 0.2) is 5.16 Å². The normalized spacial score (nSPS) is 16.3. The van der Waals surface area contributed by atoms with Gasteiger partial charge in [0.1, 0.15) is 4.83 Å². The summed E-state index contributed by atoms with van der Waals surface area (Å²) < 4.78 is 9.82. The first-order valence-corrected chi connectivity index (χ1v) is 12.1. The highest BCUT2D eigenvalue weighted by Crippen LogP contribution is 2.37. The molecule has 0 radical (unpaired) electrons. The summed E-state index contributed by atoms with van der Waals surface area (Å²) in [6, 6.07) is 9.67. The van der Waals surface area contributed by atoms with E-state index in [0.29, 0.717) is 18.3 Å². The first-order chi connectivity index (χ1) is 15.0. The van der Waals surface area contributed by atoms with Crippen LogP contribution in [-0.2, 0) is 17.8 Å². The monoisotopic (exact) mass is 452 g/mol. The number of ether oxygens (including phenoxy) is 1. The van der Waals surface area contributed by atoms with Gasteiger partial charge in [-0.2, -0.15) is 0 Å². The van der Waals surface area contributed by atoms with Gasteiger partial charge in [0.2, 0.25) is 5.78 Å². The molecule has 0 bridgehead atoms. The molecule has 1 unspecified atom stereocenters. The number of para-hydroxylation sites is 1. The van der Waals surface area contributed by atoms with Crippen LogP contribution in [0.2, 0.25) is 0 Å². The van der Waals surface area contributed by atoms with Crippen LogP contribution in [0.25, 0.3) is 21.7 Å². The molecule has 5 rings (SSSR count). The van der Waals surface area contributed by atoms with Gasteiger partial charge >= 0.3 is 0 Å². The second-order valence-corrected chi connectivity index (χ2v) is 10.3. The second kappa shape index (κ2) is 7.93. The van der Waals surface area contributed by atoms with E-state index in [1.165, 1.54) is 0 Å². The van der Waals surface area contributed by atoms with Crippen molar-refractivity contribution in [1.29, 1.82) is 0 Å². The molecule has 1 aliphatic rings. The van der Waals surface area contributed by atoms with Gasteiger partial charge in [-0.25, -0.2) is 8.97 Å². The van der Waals surface area contributed by atoms with E-state index in [9.17, 15) is 4.79 Å². The minimum Gasteiger partial charge on any atom is -0.372 e. The van der Waals surface area contributed by atoms with Crippen molar-refractivity contribution < 1.29 is 4.74 Å². The first-order valence-electron chi connectivity index (χ1n) is 10.3. The minimum atomic E-state index is -0.0422. The van der Waals surface area contributed by atoms with Crippen LogP contribution in [0.4, 0.5) is 0 Å². The Hall–Kier alpha value is -2.42. The summed E-state index contributed by atoms with van der Waals surface area (Å²) in [5.74, 6) is 1.67. The molecular formula is C23H24N4O2S2. The lowest BCUT2D eigenvalue weighted by Gasteiger charge is -2.26. The number of hydrogen-bond donors (Lipinski definition) is 0. The van der Waals surface area contributed by atoms with Crippen molar-refractivity contribution in [3.05, 3.63) is 63.3 Å². The van der Waals surface area contributed by atoms with Crippen LogP contribution >= 0.6 is 23.1 Å². The second-order valence-electron chi connectivity index (χ2n) is 8.32. The van der Waals surface area contributed by atoms with E-state index in [-0.39, 0.29) is 11.7 Å². The Kier molecular flexibility index (Phi) is 5.24. The lowest BCUT2D eigenvalue weighted by molar-refractivity contribution is 0.00200. The van der Waals surface area contributed by atoms with Gasteiger partial charge in [0.25, 0.3) is 5.56 Å². The zero-order chi connectivity index (χ0) is 21.7. The molecular weight excluding hydrogens is 428 g/mol. The summed E-state index contributed by atoms with van der Waals surface area (Å²) >= 11 is 3.21. The SMILES string of the molecule is C=C(C)CSc1nnc2n(-c3ccccc3)c(=O)c3c4c(sc3n12)COC(C(C)C)C4. The molecule has 4 aromatic rings. The average Bonchev–Trinajstić information content (AvgIpc) is 3.34. The molecule has 1 aliphatic heterocycles. The number of aromatic nitrogens is 4. The van der Waals surface area contributed by atoms with E-state index in [1.807, 2.05) is 41.7 Å². The number of thiophene rings is 1. The maximum Gasteiger partial charge on any atom is 0.268 e. The predicted molar refractivity (Wildman–Crippen MR) is 127 cm³/mol. The van der Waals surface area contributed by atoms with Gasteiger partial charge in [-0.15, -0.1) is 21.5 Å². The number of nitrogens with zero attached hydrogens (tertiary/aromatic N) is 4.